The molecule has 18 heavy (non-hydrogen) atoms. The van der Waals surface area contributed by atoms with Crippen molar-refractivity contribution in [1.82, 2.24) is 9.78 Å². The van der Waals surface area contributed by atoms with Crippen LogP contribution in [0.3, 0.4) is 0 Å². The number of nitrogens with zero attached hydrogens (tertiary/aromatic N) is 2. The third-order valence-corrected chi connectivity index (χ3v) is 2.70. The molecular formula is C12H13ClN4O. The van der Waals surface area contributed by atoms with Crippen molar-refractivity contribution in [3.05, 3.63) is 46.7 Å². The molecule has 0 unspecified atom stereocenters. The molecule has 0 bridgehead atoms. The fourth-order valence-electron chi connectivity index (χ4n) is 1.68. The van der Waals surface area contributed by atoms with Crippen LogP contribution in [-0.2, 0) is 6.54 Å². The van der Waals surface area contributed by atoms with E-state index in [1.165, 1.54) is 0 Å². The van der Waals surface area contributed by atoms with Crippen LogP contribution in [-0.4, -0.2) is 22.7 Å². The Bertz CT molecular complexity index is 579. The van der Waals surface area contributed by atoms with E-state index in [0.717, 1.165) is 5.56 Å². The third kappa shape index (κ3) is 2.62. The molecule has 1 aromatic carbocycles. The molecule has 1 aromatic heterocycles. The second kappa shape index (κ2) is 5.10. The van der Waals surface area contributed by atoms with Crippen molar-refractivity contribution >= 4 is 17.4 Å². The van der Waals surface area contributed by atoms with E-state index in [1.807, 2.05) is 12.1 Å². The van der Waals surface area contributed by atoms with Crippen molar-refractivity contribution in [2.45, 2.75) is 6.54 Å². The first-order valence-corrected chi connectivity index (χ1v) is 5.67. The zero-order valence-electron chi connectivity index (χ0n) is 9.85. The maximum absolute atomic E-state index is 7.51. The number of amidine groups is 1. The second-order valence-corrected chi connectivity index (χ2v) is 4.24. The average Bonchev–Trinajstić information content (AvgIpc) is 2.74. The number of rotatable bonds is 4. The van der Waals surface area contributed by atoms with E-state index in [9.17, 15) is 0 Å². The van der Waals surface area contributed by atoms with Gasteiger partial charge in [0.1, 0.15) is 11.6 Å². The fraction of sp³-hybridized carbons (Fsp3) is 0.167. The maximum atomic E-state index is 7.51. The van der Waals surface area contributed by atoms with E-state index < -0.39 is 0 Å². The van der Waals surface area contributed by atoms with Gasteiger partial charge in [-0.25, -0.2) is 0 Å². The number of benzene rings is 1. The molecule has 2 rings (SSSR count). The van der Waals surface area contributed by atoms with E-state index >= 15 is 0 Å². The monoisotopic (exact) mass is 264 g/mol. The Balaban J connectivity index is 2.29. The van der Waals surface area contributed by atoms with E-state index in [-0.39, 0.29) is 5.84 Å². The minimum atomic E-state index is -0.0211. The number of methoxy groups -OCH3 is 1. The van der Waals surface area contributed by atoms with Crippen LogP contribution < -0.4 is 10.5 Å². The molecule has 5 nitrogen and oxygen atoms in total. The summed E-state index contributed by atoms with van der Waals surface area (Å²) in [7, 11) is 1.55. The van der Waals surface area contributed by atoms with Gasteiger partial charge in [-0.2, -0.15) is 5.10 Å². The van der Waals surface area contributed by atoms with Crippen molar-refractivity contribution in [2.24, 2.45) is 5.73 Å². The maximum Gasteiger partial charge on any atom is 0.129 e. The number of hydrogen-bond acceptors (Lipinski definition) is 3. The molecule has 2 aromatic rings. The van der Waals surface area contributed by atoms with Gasteiger partial charge in [-0.05, 0) is 17.7 Å². The lowest BCUT2D eigenvalue weighted by molar-refractivity contribution is 0.413. The Kier molecular flexibility index (Phi) is 3.53. The number of hydrogen-bond donors (Lipinski definition) is 2. The Morgan fingerprint density at radius 2 is 2.33 bits per heavy atom. The molecule has 0 saturated heterocycles. The topological polar surface area (TPSA) is 76.9 Å². The Labute approximate surface area is 110 Å². The molecule has 0 atom stereocenters. The van der Waals surface area contributed by atoms with Crippen LogP contribution in [0.15, 0.2) is 30.6 Å². The Morgan fingerprint density at radius 3 is 2.89 bits per heavy atom. The number of nitrogens with one attached hydrogen (secondary N) is 1. The SMILES string of the molecule is COc1ccc(Cn2cc(Cl)cn2)cc1C(=N)N. The lowest BCUT2D eigenvalue weighted by Gasteiger charge is -2.09. The van der Waals surface area contributed by atoms with Gasteiger partial charge < -0.3 is 10.5 Å². The highest BCUT2D eigenvalue weighted by Gasteiger charge is 2.07. The molecule has 3 N–H and O–H groups in total. The predicted octanol–water partition coefficient (Wildman–Crippen LogP) is 1.88. The molecule has 0 saturated carbocycles. The first kappa shape index (κ1) is 12.4. The molecule has 0 aliphatic rings. The van der Waals surface area contributed by atoms with Gasteiger partial charge in [-0.3, -0.25) is 10.1 Å². The van der Waals surface area contributed by atoms with E-state index in [2.05, 4.69) is 5.10 Å². The third-order valence-electron chi connectivity index (χ3n) is 2.50. The van der Waals surface area contributed by atoms with Gasteiger partial charge in [0.15, 0.2) is 0 Å². The molecule has 0 radical (unpaired) electrons. The largest absolute Gasteiger partial charge is 0.496 e. The number of halogens is 1. The summed E-state index contributed by atoms with van der Waals surface area (Å²) in [5.74, 6) is 0.567. The lowest BCUT2D eigenvalue weighted by Crippen LogP contribution is -2.13. The Morgan fingerprint density at radius 1 is 1.56 bits per heavy atom. The van der Waals surface area contributed by atoms with Crippen LogP contribution in [0, 0.1) is 5.41 Å². The van der Waals surface area contributed by atoms with Crippen molar-refractivity contribution in [1.29, 1.82) is 5.41 Å². The van der Waals surface area contributed by atoms with Crippen LogP contribution >= 0.6 is 11.6 Å². The van der Waals surface area contributed by atoms with Gasteiger partial charge in [0.2, 0.25) is 0 Å². The summed E-state index contributed by atoms with van der Waals surface area (Å²) in [5.41, 5.74) is 7.07. The highest BCUT2D eigenvalue weighted by atomic mass is 35.5. The molecule has 6 heteroatoms. The molecule has 0 spiro atoms. The number of nitrogen functional groups attached to an aromatic ring is 1. The first-order valence-electron chi connectivity index (χ1n) is 5.29. The molecule has 1 heterocycles. The first-order chi connectivity index (χ1) is 8.60. The fourth-order valence-corrected chi connectivity index (χ4v) is 1.83. The smallest absolute Gasteiger partial charge is 0.129 e. The van der Waals surface area contributed by atoms with Crippen molar-refractivity contribution < 1.29 is 4.74 Å². The highest BCUT2D eigenvalue weighted by molar-refractivity contribution is 6.30. The van der Waals surface area contributed by atoms with Crippen LogP contribution in [0.5, 0.6) is 5.75 Å². The normalized spacial score (nSPS) is 10.3. The summed E-state index contributed by atoms with van der Waals surface area (Å²) in [6.07, 6.45) is 3.32. The average molecular weight is 265 g/mol. The number of aromatic nitrogens is 2. The molecule has 0 amide bonds. The molecule has 0 aliphatic heterocycles. The van der Waals surface area contributed by atoms with Crippen LogP contribution in [0.4, 0.5) is 0 Å². The minimum absolute atomic E-state index is 0.0211. The number of ether oxygens (including phenoxy) is 1. The zero-order valence-corrected chi connectivity index (χ0v) is 10.6. The summed E-state index contributed by atoms with van der Waals surface area (Å²) in [4.78, 5) is 0. The van der Waals surface area contributed by atoms with Crippen LogP contribution in [0.1, 0.15) is 11.1 Å². The van der Waals surface area contributed by atoms with Gasteiger partial charge in [0, 0.05) is 6.20 Å². The molecule has 94 valence electrons. The zero-order chi connectivity index (χ0) is 13.1. The van der Waals surface area contributed by atoms with E-state index in [1.54, 1.807) is 30.3 Å². The minimum Gasteiger partial charge on any atom is -0.496 e. The molecule has 0 fully saturated rings. The highest BCUT2D eigenvalue weighted by Crippen LogP contribution is 2.20. The van der Waals surface area contributed by atoms with Crippen molar-refractivity contribution in [2.75, 3.05) is 7.11 Å². The summed E-state index contributed by atoms with van der Waals surface area (Å²) in [6.45, 7) is 0.566. The summed E-state index contributed by atoms with van der Waals surface area (Å²) >= 11 is 5.80. The summed E-state index contributed by atoms with van der Waals surface area (Å²) in [6, 6.07) is 5.51. The summed E-state index contributed by atoms with van der Waals surface area (Å²) < 4.78 is 6.87. The number of nitrogens with two attached hydrogens (primary N) is 1. The molecule has 0 aliphatic carbocycles. The predicted molar refractivity (Wildman–Crippen MR) is 70.3 cm³/mol. The van der Waals surface area contributed by atoms with Gasteiger partial charge in [-0.1, -0.05) is 17.7 Å². The molecular weight excluding hydrogens is 252 g/mol. The lowest BCUT2D eigenvalue weighted by atomic mass is 10.1. The van der Waals surface area contributed by atoms with Crippen molar-refractivity contribution in [3.8, 4) is 5.75 Å². The van der Waals surface area contributed by atoms with Gasteiger partial charge in [-0.15, -0.1) is 0 Å². The van der Waals surface area contributed by atoms with Crippen LogP contribution in [0.2, 0.25) is 5.02 Å². The quantitative estimate of drug-likeness (QED) is 0.654. The van der Waals surface area contributed by atoms with E-state index in [0.29, 0.717) is 22.9 Å². The summed E-state index contributed by atoms with van der Waals surface area (Å²) in [5, 5.41) is 12.2. The standard InChI is InChI=1S/C12H13ClN4O/c1-18-11-3-2-8(4-10(11)12(14)15)6-17-7-9(13)5-16-17/h2-5,7H,6H2,1H3,(H3,14,15). The van der Waals surface area contributed by atoms with Crippen molar-refractivity contribution in [3.63, 3.8) is 0 Å². The van der Waals surface area contributed by atoms with Gasteiger partial charge >= 0.3 is 0 Å². The van der Waals surface area contributed by atoms with Crippen LogP contribution in [0.25, 0.3) is 0 Å². The Hall–Kier alpha value is -2.01. The van der Waals surface area contributed by atoms with Gasteiger partial charge in [0.25, 0.3) is 0 Å². The second-order valence-electron chi connectivity index (χ2n) is 3.80. The van der Waals surface area contributed by atoms with Gasteiger partial charge in [0.05, 0.1) is 30.4 Å². The van der Waals surface area contributed by atoms with E-state index in [4.69, 9.17) is 27.5 Å².